The molecule has 1 aliphatic rings. The van der Waals surface area contributed by atoms with Gasteiger partial charge in [0, 0.05) is 44.2 Å². The number of hydrogen-bond donors (Lipinski definition) is 3. The summed E-state index contributed by atoms with van der Waals surface area (Å²) in [6, 6.07) is 3.06. The third kappa shape index (κ3) is 22.3. The molecule has 1 fully saturated rings. The van der Waals surface area contributed by atoms with Crippen molar-refractivity contribution >= 4 is 23.9 Å². The molecule has 0 saturated carbocycles. The molecule has 0 radical (unpaired) electrons. The first-order valence-corrected chi connectivity index (χ1v) is 18.4. The average molecular weight is 673 g/mol. The van der Waals surface area contributed by atoms with E-state index in [0.717, 1.165) is 69.2 Å². The Kier molecular flexibility index (Phi) is 23.4. The van der Waals surface area contributed by atoms with Crippen molar-refractivity contribution in [1.82, 2.24) is 20.5 Å². The molecule has 0 spiro atoms. The van der Waals surface area contributed by atoms with Crippen LogP contribution in [0.2, 0.25) is 0 Å². The number of carbonyl (C=O) groups excluding carboxylic acids is 2. The summed E-state index contributed by atoms with van der Waals surface area (Å²) in [6.45, 7) is 6.03. The monoisotopic (exact) mass is 672 g/mol. The number of carboxylic acid groups (broad SMARTS) is 1. The molecule has 1 aromatic rings. The number of aliphatic carboxylic acids is 1. The summed E-state index contributed by atoms with van der Waals surface area (Å²) in [7, 11) is 0. The standard InChI is InChI=1S/C41H60N4O4/c1-2-3-4-5-6-7-8-9-10-11-12-13-14-15-16-17-18-26-39(46)42-31-20-19-25-38(41(48)49)44-40(47)27-23-24-36-28-29-37(43-35-36)30-34-45-32-21-22-33-45/h3-4,6-7,9-10,12-13,15-16,23-24,28-29,35,38H,2,5,8,11,14,17-22,25-27,30-34H2,1H3,(H,42,46)(H,44,47)(H,48,49)/t38-/m0/s1. The number of carboxylic acids is 1. The van der Waals surface area contributed by atoms with Gasteiger partial charge in [0.25, 0.3) is 0 Å². The topological polar surface area (TPSA) is 112 Å². The van der Waals surface area contributed by atoms with Crippen LogP contribution in [-0.2, 0) is 20.8 Å². The van der Waals surface area contributed by atoms with Gasteiger partial charge in [-0.1, -0.05) is 85.9 Å². The zero-order valence-electron chi connectivity index (χ0n) is 29.7. The van der Waals surface area contributed by atoms with E-state index in [9.17, 15) is 19.5 Å². The Labute approximate surface area is 295 Å². The number of nitrogens with zero attached hydrogens (tertiary/aromatic N) is 2. The molecule has 1 saturated heterocycles. The molecule has 1 aliphatic heterocycles. The van der Waals surface area contributed by atoms with Gasteiger partial charge in [-0.05, 0) is 102 Å². The predicted molar refractivity (Wildman–Crippen MR) is 202 cm³/mol. The van der Waals surface area contributed by atoms with E-state index in [1.165, 1.54) is 25.9 Å². The number of likely N-dealkylation sites (tertiary alicyclic amines) is 1. The van der Waals surface area contributed by atoms with Gasteiger partial charge in [0.1, 0.15) is 6.04 Å². The first-order valence-electron chi connectivity index (χ1n) is 18.4. The van der Waals surface area contributed by atoms with Crippen LogP contribution in [-0.4, -0.2) is 65.0 Å². The van der Waals surface area contributed by atoms with E-state index in [1.807, 2.05) is 18.2 Å². The molecule has 0 aliphatic carbocycles. The molecular formula is C41H60N4O4. The SMILES string of the molecule is CCC=CCC=CCC=CCC=CCC=CCCCC(=O)NCCCC[C@H](NC(=O)CC=Cc1ccc(CCN2CCCC2)nc1)C(=O)O. The summed E-state index contributed by atoms with van der Waals surface area (Å²) in [5, 5.41) is 15.1. The van der Waals surface area contributed by atoms with Crippen LogP contribution in [0, 0.1) is 0 Å². The fraction of sp³-hybridized carbons (Fsp3) is 0.512. The Hall–Kier alpha value is -4.04. The molecule has 2 heterocycles. The molecule has 1 aromatic heterocycles. The molecule has 8 heteroatoms. The van der Waals surface area contributed by atoms with Gasteiger partial charge in [-0.3, -0.25) is 14.6 Å². The lowest BCUT2D eigenvalue weighted by Crippen LogP contribution is -2.40. The van der Waals surface area contributed by atoms with Crippen LogP contribution in [0.5, 0.6) is 0 Å². The van der Waals surface area contributed by atoms with E-state index >= 15 is 0 Å². The van der Waals surface area contributed by atoms with E-state index in [1.54, 1.807) is 12.3 Å². The number of allylic oxidation sites excluding steroid dienone is 10. The number of unbranched alkanes of at least 4 members (excludes halogenated alkanes) is 2. The third-order valence-corrected chi connectivity index (χ3v) is 8.15. The van der Waals surface area contributed by atoms with Gasteiger partial charge in [-0.15, -0.1) is 0 Å². The lowest BCUT2D eigenvalue weighted by Gasteiger charge is -2.14. The largest absolute Gasteiger partial charge is 0.480 e. The number of rotatable bonds is 26. The van der Waals surface area contributed by atoms with Crippen LogP contribution in [0.25, 0.3) is 6.08 Å². The lowest BCUT2D eigenvalue weighted by atomic mass is 10.1. The minimum atomic E-state index is -1.05. The minimum absolute atomic E-state index is 0.00847. The summed E-state index contributed by atoms with van der Waals surface area (Å²) >= 11 is 0. The van der Waals surface area contributed by atoms with E-state index in [2.05, 4.69) is 88.2 Å². The van der Waals surface area contributed by atoms with Crippen molar-refractivity contribution in [2.45, 2.75) is 109 Å². The fourth-order valence-electron chi connectivity index (χ4n) is 5.31. The normalized spacial score (nSPS) is 14.8. The number of hydrogen-bond acceptors (Lipinski definition) is 5. The van der Waals surface area contributed by atoms with Gasteiger partial charge in [0.2, 0.25) is 11.8 Å². The lowest BCUT2D eigenvalue weighted by molar-refractivity contribution is -0.142. The molecule has 268 valence electrons. The van der Waals surface area contributed by atoms with Gasteiger partial charge in [0.05, 0.1) is 0 Å². The van der Waals surface area contributed by atoms with Crippen molar-refractivity contribution in [3.63, 3.8) is 0 Å². The first kappa shape index (κ1) is 41.1. The highest BCUT2D eigenvalue weighted by Crippen LogP contribution is 2.10. The maximum atomic E-state index is 12.4. The highest BCUT2D eigenvalue weighted by atomic mass is 16.4. The predicted octanol–water partition coefficient (Wildman–Crippen LogP) is 7.90. The van der Waals surface area contributed by atoms with Crippen LogP contribution < -0.4 is 10.6 Å². The molecule has 3 N–H and O–H groups in total. The number of aromatic nitrogens is 1. The Bertz CT molecular complexity index is 1240. The van der Waals surface area contributed by atoms with Crippen molar-refractivity contribution in [3.05, 3.63) is 96.4 Å². The van der Waals surface area contributed by atoms with Crippen LogP contribution in [0.1, 0.15) is 108 Å². The zero-order chi connectivity index (χ0) is 35.2. The van der Waals surface area contributed by atoms with Gasteiger partial charge in [-0.2, -0.15) is 0 Å². The Morgan fingerprint density at radius 2 is 1.49 bits per heavy atom. The van der Waals surface area contributed by atoms with Crippen molar-refractivity contribution in [1.29, 1.82) is 0 Å². The molecule has 49 heavy (non-hydrogen) atoms. The van der Waals surface area contributed by atoms with Crippen LogP contribution in [0.4, 0.5) is 0 Å². The summed E-state index contributed by atoms with van der Waals surface area (Å²) in [5.74, 6) is -1.38. The van der Waals surface area contributed by atoms with Crippen molar-refractivity contribution in [3.8, 4) is 0 Å². The van der Waals surface area contributed by atoms with Gasteiger partial charge in [0.15, 0.2) is 0 Å². The summed E-state index contributed by atoms with van der Waals surface area (Å²) in [4.78, 5) is 43.2. The summed E-state index contributed by atoms with van der Waals surface area (Å²) < 4.78 is 0. The van der Waals surface area contributed by atoms with Crippen molar-refractivity contribution in [2.75, 3.05) is 26.2 Å². The molecule has 0 unspecified atom stereocenters. The first-order chi connectivity index (χ1) is 24.0. The average Bonchev–Trinajstić information content (AvgIpc) is 3.62. The fourth-order valence-corrected chi connectivity index (χ4v) is 5.31. The Balaban J connectivity index is 1.48. The molecule has 0 bridgehead atoms. The smallest absolute Gasteiger partial charge is 0.326 e. The molecule has 8 nitrogen and oxygen atoms in total. The molecule has 2 rings (SSSR count). The molecular weight excluding hydrogens is 612 g/mol. The van der Waals surface area contributed by atoms with Crippen LogP contribution >= 0.6 is 0 Å². The van der Waals surface area contributed by atoms with E-state index in [0.29, 0.717) is 32.2 Å². The van der Waals surface area contributed by atoms with E-state index in [-0.39, 0.29) is 18.2 Å². The maximum Gasteiger partial charge on any atom is 0.326 e. The highest BCUT2D eigenvalue weighted by Gasteiger charge is 2.18. The van der Waals surface area contributed by atoms with Gasteiger partial charge in [-0.25, -0.2) is 4.79 Å². The van der Waals surface area contributed by atoms with Crippen LogP contribution in [0.15, 0.2) is 85.2 Å². The van der Waals surface area contributed by atoms with Gasteiger partial charge >= 0.3 is 5.97 Å². The third-order valence-electron chi connectivity index (χ3n) is 8.15. The molecule has 0 aromatic carbocycles. The number of nitrogens with one attached hydrogen (secondary N) is 2. The Morgan fingerprint density at radius 3 is 2.10 bits per heavy atom. The summed E-state index contributed by atoms with van der Waals surface area (Å²) in [6.07, 6.45) is 39.2. The number of pyridine rings is 1. The second-order valence-corrected chi connectivity index (χ2v) is 12.4. The van der Waals surface area contributed by atoms with Crippen molar-refractivity contribution < 1.29 is 19.5 Å². The quantitative estimate of drug-likeness (QED) is 0.0682. The second kappa shape index (κ2) is 27.9. The molecule has 1 atom stereocenters. The van der Waals surface area contributed by atoms with Gasteiger partial charge < -0.3 is 20.6 Å². The van der Waals surface area contributed by atoms with Crippen molar-refractivity contribution in [2.24, 2.45) is 0 Å². The van der Waals surface area contributed by atoms with E-state index in [4.69, 9.17) is 0 Å². The van der Waals surface area contributed by atoms with Crippen LogP contribution in [0.3, 0.4) is 0 Å². The Morgan fingerprint density at radius 1 is 0.837 bits per heavy atom. The zero-order valence-corrected chi connectivity index (χ0v) is 29.7. The number of carbonyl (C=O) groups is 3. The second-order valence-electron chi connectivity index (χ2n) is 12.4. The highest BCUT2D eigenvalue weighted by molar-refractivity contribution is 5.84. The van der Waals surface area contributed by atoms with E-state index < -0.39 is 12.0 Å². The summed E-state index contributed by atoms with van der Waals surface area (Å²) in [5.41, 5.74) is 1.96. The molecule has 2 amide bonds. The maximum absolute atomic E-state index is 12.4. The number of amides is 2. The minimum Gasteiger partial charge on any atom is -0.480 e.